The fraction of sp³-hybridized carbons (Fsp3) is 0.733. The predicted octanol–water partition coefficient (Wildman–Crippen LogP) is 0.679. The van der Waals surface area contributed by atoms with Crippen LogP contribution in [0.3, 0.4) is 0 Å². The highest BCUT2D eigenvalue weighted by Gasteiger charge is 2.26. The summed E-state index contributed by atoms with van der Waals surface area (Å²) in [5.41, 5.74) is 0.617. The first-order valence-electron chi connectivity index (χ1n) is 7.76. The van der Waals surface area contributed by atoms with Crippen LogP contribution in [0.4, 0.5) is 0 Å². The quantitative estimate of drug-likeness (QED) is 0.803. The molecular weight excluding hydrogens is 270 g/mol. The Bertz CT molecular complexity index is 420. The molecule has 1 fully saturated rings. The van der Waals surface area contributed by atoms with Crippen molar-refractivity contribution in [3.05, 3.63) is 11.8 Å². The van der Waals surface area contributed by atoms with Crippen molar-refractivity contribution >= 4 is 11.8 Å². The number of aliphatic hydroxyl groups excluding tert-OH is 1. The lowest BCUT2D eigenvalue weighted by Gasteiger charge is -2.32. The Hall–Kier alpha value is -1.56. The van der Waals surface area contributed by atoms with Crippen LogP contribution in [-0.2, 0) is 9.59 Å². The molecule has 2 N–H and O–H groups in total. The largest absolute Gasteiger partial charge is 0.374 e. The first-order valence-corrected chi connectivity index (χ1v) is 7.76. The van der Waals surface area contributed by atoms with E-state index in [4.69, 9.17) is 0 Å². The van der Waals surface area contributed by atoms with Crippen molar-refractivity contribution < 1.29 is 16.1 Å². The molecule has 1 atom stereocenters. The number of likely N-dealkylation sites (tertiary alicyclic amines) is 1. The lowest BCUT2D eigenvalue weighted by Crippen LogP contribution is -2.44. The molecule has 120 valence electrons. The van der Waals surface area contributed by atoms with Crippen molar-refractivity contribution in [3.63, 3.8) is 0 Å². The molecule has 0 aliphatic carbocycles. The molecule has 2 aliphatic heterocycles. The van der Waals surface area contributed by atoms with Gasteiger partial charge in [-0.3, -0.25) is 9.59 Å². The maximum atomic E-state index is 12.4. The van der Waals surface area contributed by atoms with E-state index in [0.717, 1.165) is 25.9 Å². The fourth-order valence-corrected chi connectivity index (χ4v) is 2.86. The maximum Gasteiger partial charge on any atom is 0.248 e. The topological polar surface area (TPSA) is 72.9 Å². The van der Waals surface area contributed by atoms with Gasteiger partial charge in [-0.2, -0.15) is 0 Å². The van der Waals surface area contributed by atoms with Gasteiger partial charge in [0.25, 0.3) is 0 Å². The normalized spacial score (nSPS) is 23.3. The van der Waals surface area contributed by atoms with E-state index < -0.39 is 6.23 Å². The van der Waals surface area contributed by atoms with Gasteiger partial charge in [-0.05, 0) is 25.7 Å². The van der Waals surface area contributed by atoms with Gasteiger partial charge >= 0.3 is 0 Å². The molecule has 21 heavy (non-hydrogen) atoms. The van der Waals surface area contributed by atoms with Crippen molar-refractivity contribution in [3.8, 4) is 0 Å². The number of rotatable bonds is 3. The van der Waals surface area contributed by atoms with Gasteiger partial charge < -0.3 is 20.2 Å². The van der Waals surface area contributed by atoms with Gasteiger partial charge in [0.2, 0.25) is 11.8 Å². The van der Waals surface area contributed by atoms with Gasteiger partial charge in [-0.1, -0.05) is 12.8 Å². The second-order valence-electron chi connectivity index (χ2n) is 5.72. The van der Waals surface area contributed by atoms with Crippen LogP contribution in [-0.4, -0.2) is 59.6 Å². The van der Waals surface area contributed by atoms with Gasteiger partial charge in [0.1, 0.15) is 6.23 Å². The molecule has 0 aromatic carbocycles. The Morgan fingerprint density at radius 1 is 1.33 bits per heavy atom. The lowest BCUT2D eigenvalue weighted by atomic mass is 10.1. The summed E-state index contributed by atoms with van der Waals surface area (Å²) in [4.78, 5) is 27.5. The van der Waals surface area contributed by atoms with Gasteiger partial charge in [-0.25, -0.2) is 0 Å². The number of carbonyl (C=O) groups excluding carboxylic acids is 2. The zero-order chi connectivity index (χ0) is 15.2. The Morgan fingerprint density at radius 2 is 2.00 bits per heavy atom. The molecule has 0 bridgehead atoms. The molecule has 0 saturated carbocycles. The highest BCUT2D eigenvalue weighted by Crippen LogP contribution is 2.20. The smallest absolute Gasteiger partial charge is 0.248 e. The summed E-state index contributed by atoms with van der Waals surface area (Å²) in [6.07, 6.45) is 6.41. The molecule has 1 unspecified atom stereocenters. The number of carbonyl (C=O) groups is 2. The van der Waals surface area contributed by atoms with Gasteiger partial charge in [0.05, 0.1) is 6.54 Å². The van der Waals surface area contributed by atoms with Crippen molar-refractivity contribution in [2.24, 2.45) is 0 Å². The van der Waals surface area contributed by atoms with Crippen LogP contribution in [0, 0.1) is 0 Å². The van der Waals surface area contributed by atoms with Crippen molar-refractivity contribution in [1.29, 1.82) is 0 Å². The number of amides is 2. The zero-order valence-corrected chi connectivity index (χ0v) is 12.7. The van der Waals surface area contributed by atoms with E-state index in [9.17, 15) is 14.7 Å². The molecule has 2 rings (SSSR count). The van der Waals surface area contributed by atoms with E-state index in [-0.39, 0.29) is 19.8 Å². The number of hydrogen-bond donors (Lipinski definition) is 2. The monoisotopic (exact) mass is 297 g/mol. The zero-order valence-electron chi connectivity index (χ0n) is 12.7. The van der Waals surface area contributed by atoms with E-state index in [1.54, 1.807) is 18.1 Å². The fourth-order valence-electron chi connectivity index (χ4n) is 2.86. The summed E-state index contributed by atoms with van der Waals surface area (Å²) in [7, 11) is 1.58. The molecule has 0 aromatic rings. The first-order chi connectivity index (χ1) is 10.1. The van der Waals surface area contributed by atoms with Crippen LogP contribution in [0.25, 0.3) is 0 Å². The number of nitrogens with one attached hydrogen (secondary N) is 1. The first kappa shape index (κ1) is 15.8. The van der Waals surface area contributed by atoms with Gasteiger partial charge in [0.15, 0.2) is 0 Å². The van der Waals surface area contributed by atoms with Crippen LogP contribution in [0.2, 0.25) is 0 Å². The van der Waals surface area contributed by atoms with Crippen molar-refractivity contribution in [1.82, 2.24) is 15.1 Å². The van der Waals surface area contributed by atoms with Gasteiger partial charge in [-0.15, -0.1) is 0 Å². The Morgan fingerprint density at radius 3 is 2.62 bits per heavy atom. The predicted molar refractivity (Wildman–Crippen MR) is 81.3 cm³/mol. The van der Waals surface area contributed by atoms with Crippen molar-refractivity contribution in [2.45, 2.75) is 44.8 Å². The van der Waals surface area contributed by atoms with Crippen LogP contribution < -0.4 is 5.32 Å². The average Bonchev–Trinajstić information content (AvgIpc) is 2.77. The number of nitrogens with zero attached hydrogens (tertiary/aromatic N) is 2. The molecule has 2 amide bonds. The average molecular weight is 297 g/mol. The second-order valence-corrected chi connectivity index (χ2v) is 5.72. The lowest BCUT2D eigenvalue weighted by molar-refractivity contribution is -0.134. The number of aliphatic hydroxyl groups is 1. The molecular formula is C15H27N3O3. The molecule has 0 aromatic heterocycles. The summed E-state index contributed by atoms with van der Waals surface area (Å²) in [6, 6.07) is 0. The summed E-state index contributed by atoms with van der Waals surface area (Å²) in [6.45, 7) is 1.74. The van der Waals surface area contributed by atoms with Crippen LogP contribution >= 0.6 is 0 Å². The minimum absolute atomic E-state index is 0. The van der Waals surface area contributed by atoms with Gasteiger partial charge in [0, 0.05) is 33.3 Å². The molecule has 0 radical (unpaired) electrons. The molecule has 2 heterocycles. The minimum atomic E-state index is -0.686. The summed E-state index contributed by atoms with van der Waals surface area (Å²) in [5.74, 6) is -0.112. The SMILES string of the molecule is CNC(=O)C1=CN(CC(=O)N2CCCCCC2)C(O)CC1.[HH]. The second kappa shape index (κ2) is 7.45. The third-order valence-electron chi connectivity index (χ3n) is 4.17. The molecule has 6 heteroatoms. The summed E-state index contributed by atoms with van der Waals surface area (Å²) >= 11 is 0. The number of hydrogen-bond acceptors (Lipinski definition) is 4. The molecule has 1 saturated heterocycles. The van der Waals surface area contributed by atoms with Crippen LogP contribution in [0.15, 0.2) is 11.8 Å². The summed E-state index contributed by atoms with van der Waals surface area (Å²) < 4.78 is 0. The maximum absolute atomic E-state index is 12.4. The van der Waals surface area contributed by atoms with E-state index >= 15 is 0 Å². The Balaban J connectivity index is 0.00000242. The molecule has 0 spiro atoms. The number of likely N-dealkylation sites (N-methyl/N-ethyl adjacent to an activating group) is 1. The summed E-state index contributed by atoms with van der Waals surface area (Å²) in [5, 5.41) is 12.6. The molecule has 6 nitrogen and oxygen atoms in total. The van der Waals surface area contributed by atoms with E-state index in [0.29, 0.717) is 18.4 Å². The van der Waals surface area contributed by atoms with Crippen LogP contribution in [0.1, 0.15) is 40.0 Å². The minimum Gasteiger partial charge on any atom is -0.374 e. The Labute approximate surface area is 127 Å². The van der Waals surface area contributed by atoms with E-state index in [1.807, 2.05) is 4.90 Å². The highest BCUT2D eigenvalue weighted by molar-refractivity contribution is 5.93. The highest BCUT2D eigenvalue weighted by atomic mass is 16.3. The van der Waals surface area contributed by atoms with Crippen LogP contribution in [0.5, 0.6) is 0 Å². The van der Waals surface area contributed by atoms with E-state index in [1.165, 1.54) is 12.8 Å². The molecule has 2 aliphatic rings. The van der Waals surface area contributed by atoms with E-state index in [2.05, 4.69) is 5.32 Å². The standard InChI is InChI=1S/C15H25N3O3.H2/c1-16-15(21)12-6-7-13(19)18(10-12)11-14(20)17-8-4-2-3-5-9-17;/h10,13,19H,2-9,11H2,1H3,(H,16,21);1H. The van der Waals surface area contributed by atoms with Crippen molar-refractivity contribution in [2.75, 3.05) is 26.7 Å². The third kappa shape index (κ3) is 4.20. The Kier molecular flexibility index (Phi) is 5.61. The third-order valence-corrected chi connectivity index (χ3v) is 4.17.